The first kappa shape index (κ1) is 24.3. The molecule has 0 fully saturated rings. The Morgan fingerprint density at radius 1 is 0.238 bits per heavy atom. The van der Waals surface area contributed by atoms with Crippen LogP contribution in [0.5, 0.6) is 0 Å². The largest absolute Gasteiger partial charge is 0.0622 e. The fourth-order valence-electron chi connectivity index (χ4n) is 6.43. The Morgan fingerprint density at radius 2 is 0.762 bits per heavy atom. The van der Waals surface area contributed by atoms with Gasteiger partial charge in [-0.05, 0) is 89.0 Å². The third kappa shape index (κ3) is 4.17. The Kier molecular flexibility index (Phi) is 5.90. The zero-order valence-corrected chi connectivity index (χ0v) is 23.2. The highest BCUT2D eigenvalue weighted by atomic mass is 14.2. The van der Waals surface area contributed by atoms with E-state index in [0.717, 1.165) is 0 Å². The van der Waals surface area contributed by atoms with Crippen molar-refractivity contribution in [3.05, 3.63) is 170 Å². The lowest BCUT2D eigenvalue weighted by Gasteiger charge is -2.22. The molecule has 0 aromatic heterocycles. The number of hydrogen-bond acceptors (Lipinski definition) is 0. The van der Waals surface area contributed by atoms with Crippen LogP contribution in [0.2, 0.25) is 0 Å². The van der Waals surface area contributed by atoms with Gasteiger partial charge in [-0.15, -0.1) is 0 Å². The van der Waals surface area contributed by atoms with Crippen molar-refractivity contribution >= 4 is 32.3 Å². The minimum Gasteiger partial charge on any atom is -0.0622 e. The molecule has 0 radical (unpaired) electrons. The fourth-order valence-corrected chi connectivity index (χ4v) is 6.43. The average molecular weight is 533 g/mol. The van der Waals surface area contributed by atoms with Crippen LogP contribution in [0.3, 0.4) is 0 Å². The van der Waals surface area contributed by atoms with Crippen molar-refractivity contribution in [3.63, 3.8) is 0 Å². The molecule has 0 spiro atoms. The van der Waals surface area contributed by atoms with Crippen LogP contribution in [0.1, 0.15) is 0 Å². The zero-order valence-electron chi connectivity index (χ0n) is 23.2. The van der Waals surface area contributed by atoms with Gasteiger partial charge in [-0.2, -0.15) is 0 Å². The minimum absolute atomic E-state index is 1.22. The van der Waals surface area contributed by atoms with E-state index in [1.807, 2.05) is 0 Å². The van der Waals surface area contributed by atoms with Crippen molar-refractivity contribution in [2.24, 2.45) is 0 Å². The number of benzene rings is 8. The van der Waals surface area contributed by atoms with E-state index in [2.05, 4.69) is 170 Å². The SMILES string of the molecule is c1ccc(-c2ccc(-c3ccc4ccccc4c3)c(-c3ccc4ccccc4c3)c2-c2cccc3ccccc23)cc1. The van der Waals surface area contributed by atoms with Crippen LogP contribution in [-0.2, 0) is 0 Å². The Morgan fingerprint density at radius 3 is 1.48 bits per heavy atom. The molecule has 0 unspecified atom stereocenters. The normalized spacial score (nSPS) is 11.3. The summed E-state index contributed by atoms with van der Waals surface area (Å²) in [7, 11) is 0. The molecular formula is C42H28. The van der Waals surface area contributed by atoms with Gasteiger partial charge in [0, 0.05) is 0 Å². The highest BCUT2D eigenvalue weighted by Crippen LogP contribution is 2.48. The lowest BCUT2D eigenvalue weighted by molar-refractivity contribution is 1.56. The van der Waals surface area contributed by atoms with Gasteiger partial charge in [0.25, 0.3) is 0 Å². The van der Waals surface area contributed by atoms with E-state index < -0.39 is 0 Å². The molecule has 8 aromatic rings. The molecule has 0 saturated heterocycles. The van der Waals surface area contributed by atoms with E-state index in [-0.39, 0.29) is 0 Å². The first-order chi connectivity index (χ1) is 20.8. The zero-order chi connectivity index (χ0) is 27.9. The maximum Gasteiger partial charge on any atom is -0.00143 e. The van der Waals surface area contributed by atoms with Crippen LogP contribution in [0, 0.1) is 0 Å². The third-order valence-corrected chi connectivity index (χ3v) is 8.45. The van der Waals surface area contributed by atoms with Crippen molar-refractivity contribution in [3.8, 4) is 44.5 Å². The van der Waals surface area contributed by atoms with Crippen LogP contribution in [0.25, 0.3) is 76.8 Å². The molecule has 42 heavy (non-hydrogen) atoms. The molecule has 0 aliphatic heterocycles. The number of rotatable bonds is 4. The number of hydrogen-bond donors (Lipinski definition) is 0. The van der Waals surface area contributed by atoms with E-state index in [9.17, 15) is 0 Å². The lowest BCUT2D eigenvalue weighted by Crippen LogP contribution is -1.95. The highest BCUT2D eigenvalue weighted by molar-refractivity contribution is 6.09. The maximum atomic E-state index is 2.36. The van der Waals surface area contributed by atoms with Gasteiger partial charge in [0.2, 0.25) is 0 Å². The second-order valence-electron chi connectivity index (χ2n) is 10.9. The van der Waals surface area contributed by atoms with Crippen LogP contribution < -0.4 is 0 Å². The van der Waals surface area contributed by atoms with Crippen molar-refractivity contribution < 1.29 is 0 Å². The van der Waals surface area contributed by atoms with E-state index in [1.165, 1.54) is 76.8 Å². The minimum atomic E-state index is 1.22. The van der Waals surface area contributed by atoms with Crippen LogP contribution >= 0.6 is 0 Å². The molecule has 0 aliphatic carbocycles. The van der Waals surface area contributed by atoms with Gasteiger partial charge in [-0.1, -0.05) is 158 Å². The van der Waals surface area contributed by atoms with Crippen molar-refractivity contribution in [1.29, 1.82) is 0 Å². The summed E-state index contributed by atoms with van der Waals surface area (Å²) < 4.78 is 0. The van der Waals surface area contributed by atoms with Gasteiger partial charge in [0.05, 0.1) is 0 Å². The molecule has 0 heterocycles. The van der Waals surface area contributed by atoms with Crippen molar-refractivity contribution in [2.75, 3.05) is 0 Å². The van der Waals surface area contributed by atoms with E-state index in [0.29, 0.717) is 0 Å². The standard InChI is InChI=1S/C42H28/c1-2-13-32(14-3-1)38-25-26-39(35-23-21-29-11-4-6-16-33(29)27-35)41(36-24-22-30-12-5-7-17-34(30)28-36)42(38)40-20-10-18-31-15-8-9-19-37(31)40/h1-28H. The fraction of sp³-hybridized carbons (Fsp3) is 0. The molecule has 196 valence electrons. The quantitative estimate of drug-likeness (QED) is 0.211. The Bertz CT molecular complexity index is 2230. The molecule has 0 heteroatoms. The van der Waals surface area contributed by atoms with Gasteiger partial charge >= 0.3 is 0 Å². The summed E-state index contributed by atoms with van der Waals surface area (Å²) in [5.74, 6) is 0. The van der Waals surface area contributed by atoms with E-state index in [1.54, 1.807) is 0 Å². The van der Waals surface area contributed by atoms with E-state index >= 15 is 0 Å². The molecule has 0 atom stereocenters. The molecule has 0 N–H and O–H groups in total. The Balaban J connectivity index is 1.53. The molecule has 8 rings (SSSR count). The summed E-state index contributed by atoms with van der Waals surface area (Å²) in [6.45, 7) is 0. The van der Waals surface area contributed by atoms with Gasteiger partial charge in [-0.25, -0.2) is 0 Å². The smallest absolute Gasteiger partial charge is 0.00143 e. The Labute approximate surface area is 246 Å². The predicted molar refractivity (Wildman–Crippen MR) is 181 cm³/mol. The first-order valence-electron chi connectivity index (χ1n) is 14.5. The second-order valence-corrected chi connectivity index (χ2v) is 10.9. The summed E-state index contributed by atoms with van der Waals surface area (Å²) >= 11 is 0. The second kappa shape index (κ2) is 10.2. The van der Waals surface area contributed by atoms with Crippen LogP contribution in [0.15, 0.2) is 170 Å². The highest BCUT2D eigenvalue weighted by Gasteiger charge is 2.21. The van der Waals surface area contributed by atoms with Gasteiger partial charge in [-0.3, -0.25) is 0 Å². The molecule has 8 aromatic carbocycles. The summed E-state index contributed by atoms with van der Waals surface area (Å²) in [6, 6.07) is 61.9. The molecule has 0 nitrogen and oxygen atoms in total. The van der Waals surface area contributed by atoms with Crippen LogP contribution in [-0.4, -0.2) is 0 Å². The van der Waals surface area contributed by atoms with E-state index in [4.69, 9.17) is 0 Å². The van der Waals surface area contributed by atoms with Gasteiger partial charge in [0.1, 0.15) is 0 Å². The summed E-state index contributed by atoms with van der Waals surface area (Å²) in [5, 5.41) is 7.50. The monoisotopic (exact) mass is 532 g/mol. The van der Waals surface area contributed by atoms with Gasteiger partial charge < -0.3 is 0 Å². The third-order valence-electron chi connectivity index (χ3n) is 8.45. The van der Waals surface area contributed by atoms with Crippen molar-refractivity contribution in [1.82, 2.24) is 0 Å². The first-order valence-corrected chi connectivity index (χ1v) is 14.5. The lowest BCUT2D eigenvalue weighted by atomic mass is 9.81. The Hall–Kier alpha value is -5.46. The average Bonchev–Trinajstić information content (AvgIpc) is 3.07. The molecule has 0 aliphatic rings. The number of fused-ring (bicyclic) bond motifs is 3. The maximum absolute atomic E-state index is 2.36. The molecule has 0 saturated carbocycles. The van der Waals surface area contributed by atoms with Gasteiger partial charge in [0.15, 0.2) is 0 Å². The molecular weight excluding hydrogens is 504 g/mol. The van der Waals surface area contributed by atoms with Crippen LogP contribution in [0.4, 0.5) is 0 Å². The molecule has 0 bridgehead atoms. The molecule has 0 amide bonds. The summed E-state index contributed by atoms with van der Waals surface area (Å²) in [4.78, 5) is 0. The predicted octanol–water partition coefficient (Wildman–Crippen LogP) is 11.8. The topological polar surface area (TPSA) is 0 Å². The summed E-state index contributed by atoms with van der Waals surface area (Å²) in [5.41, 5.74) is 9.90. The van der Waals surface area contributed by atoms with Crippen molar-refractivity contribution in [2.45, 2.75) is 0 Å². The summed E-state index contributed by atoms with van der Waals surface area (Å²) in [6.07, 6.45) is 0.